The molecule has 0 unspecified atom stereocenters. The van der Waals surface area contributed by atoms with Gasteiger partial charge in [0.05, 0.1) is 0 Å². The quantitative estimate of drug-likeness (QED) is 0.228. The van der Waals surface area contributed by atoms with Gasteiger partial charge in [0.25, 0.3) is 15.3 Å². The van der Waals surface area contributed by atoms with Crippen LogP contribution in [0.5, 0.6) is 0 Å². The number of aliphatic hydroxyl groups is 3. The maximum atomic E-state index is 10.0. The normalized spacial score (nSPS) is 11.5. The van der Waals surface area contributed by atoms with E-state index in [1.165, 1.54) is 0 Å². The van der Waals surface area contributed by atoms with Gasteiger partial charge in [-0.3, -0.25) is 9.68 Å². The summed E-state index contributed by atoms with van der Waals surface area (Å²) in [7, 11) is 0. The fraction of sp³-hybridized carbons (Fsp3) is 1.00. The summed E-state index contributed by atoms with van der Waals surface area (Å²) in [4.78, 5) is 39.7. The zero-order valence-corrected chi connectivity index (χ0v) is 8.06. The van der Waals surface area contributed by atoms with Crippen LogP contribution < -0.4 is 0 Å². The molecule has 0 radical (unpaired) electrons. The fourth-order valence-corrected chi connectivity index (χ4v) is 0.711. The molecule has 18 heavy (non-hydrogen) atoms. The first kappa shape index (κ1) is 15.5. The van der Waals surface area contributed by atoms with Crippen LogP contribution in [0, 0.1) is 30.3 Å². The Bertz CT molecular complexity index is 334. The van der Waals surface area contributed by atoms with E-state index in [0.29, 0.717) is 0 Å². The zero-order chi connectivity index (χ0) is 14.6. The highest BCUT2D eigenvalue weighted by molar-refractivity contribution is 4.74. The van der Waals surface area contributed by atoms with Crippen LogP contribution in [0.2, 0.25) is 0 Å². The van der Waals surface area contributed by atoms with Gasteiger partial charge in [-0.15, -0.1) is 30.3 Å². The van der Waals surface area contributed by atoms with Crippen molar-refractivity contribution < 1.29 is 45.1 Å². The maximum absolute atomic E-state index is 10.0. The summed E-state index contributed by atoms with van der Waals surface area (Å²) >= 11 is 0. The van der Waals surface area contributed by atoms with E-state index in [1.54, 1.807) is 0 Å². The molecule has 0 amide bonds. The van der Waals surface area contributed by atoms with Gasteiger partial charge in [0.2, 0.25) is 0 Å². The van der Waals surface area contributed by atoms with Crippen LogP contribution in [0.25, 0.3) is 0 Å². The Labute approximate surface area is 95.0 Å². The summed E-state index contributed by atoms with van der Waals surface area (Å²) in [5.41, 5.74) is 0. The van der Waals surface area contributed by atoms with Crippen LogP contribution in [-0.4, -0.2) is 48.9 Å². The molecule has 0 rings (SSSR count). The lowest BCUT2D eigenvalue weighted by atomic mass is 10.2. The van der Waals surface area contributed by atoms with Crippen LogP contribution >= 0.6 is 0 Å². The minimum Gasteiger partial charge on any atom is -0.391 e. The Kier molecular flexibility index (Phi) is 4.48. The van der Waals surface area contributed by atoms with Gasteiger partial charge in [-0.05, 0) is 0 Å². The number of hydrogen-bond donors (Lipinski definition) is 3. The van der Waals surface area contributed by atoms with Gasteiger partial charge in [-0.25, -0.2) is 4.84 Å². The molecule has 0 aliphatic carbocycles. The largest absolute Gasteiger partial charge is 0.391 e. The number of aliphatic hydroxyl groups excluding tert-OH is 1. The highest BCUT2D eigenvalue weighted by Gasteiger charge is 2.61. The average Bonchev–Trinajstić information content (AvgIpc) is 2.12. The lowest BCUT2D eigenvalue weighted by Crippen LogP contribution is -2.63. The topological polar surface area (TPSA) is 218 Å². The molecule has 0 saturated heterocycles. The second-order valence-electron chi connectivity index (χ2n) is 2.46. The second-order valence-corrected chi connectivity index (χ2v) is 2.46. The molecule has 0 aliphatic heterocycles. The van der Waals surface area contributed by atoms with E-state index in [0.717, 1.165) is 0 Å². The van der Waals surface area contributed by atoms with Crippen LogP contribution in [0.15, 0.2) is 0 Å². The number of rotatable bonds is 8. The molecule has 3 N–H and O–H groups in total. The standard InChI is InChI=1S/C3H5N3O12/c7-1-2(16-4(10)11,17-5(12)13)3(8,9)18-6(14)15/h7-9H,1H2. The van der Waals surface area contributed by atoms with E-state index in [9.17, 15) is 30.3 Å². The van der Waals surface area contributed by atoms with Crippen molar-refractivity contribution in [2.45, 2.75) is 11.8 Å². The second kappa shape index (κ2) is 5.21. The van der Waals surface area contributed by atoms with E-state index >= 15 is 0 Å². The van der Waals surface area contributed by atoms with Crippen molar-refractivity contribution in [2.75, 3.05) is 6.61 Å². The molecule has 0 aromatic heterocycles. The number of hydrogen-bond acceptors (Lipinski definition) is 12. The Morgan fingerprint density at radius 2 is 1.22 bits per heavy atom. The third-order valence-corrected chi connectivity index (χ3v) is 1.35. The molecule has 0 saturated carbocycles. The third-order valence-electron chi connectivity index (χ3n) is 1.35. The van der Waals surface area contributed by atoms with E-state index in [1.807, 2.05) is 0 Å². The Morgan fingerprint density at radius 3 is 1.44 bits per heavy atom. The Hall–Kier alpha value is -2.52. The van der Waals surface area contributed by atoms with Crippen molar-refractivity contribution in [1.29, 1.82) is 0 Å². The molecular formula is C3H5N3O12. The summed E-state index contributed by atoms with van der Waals surface area (Å²) in [6.07, 6.45) is 0. The Balaban J connectivity index is 5.45. The van der Waals surface area contributed by atoms with Gasteiger partial charge in [0.1, 0.15) is 6.61 Å². The van der Waals surface area contributed by atoms with Gasteiger partial charge in [0.15, 0.2) is 0 Å². The number of nitrogens with zero attached hydrogens (tertiary/aromatic N) is 3. The average molecular weight is 275 g/mol. The molecule has 0 spiro atoms. The summed E-state index contributed by atoms with van der Waals surface area (Å²) in [6.45, 7) is -1.93. The highest BCUT2D eigenvalue weighted by Crippen LogP contribution is 2.27. The predicted molar refractivity (Wildman–Crippen MR) is 41.2 cm³/mol. The zero-order valence-electron chi connectivity index (χ0n) is 8.06. The fourth-order valence-electron chi connectivity index (χ4n) is 0.711. The predicted octanol–water partition coefficient (Wildman–Crippen LogP) is -3.06. The summed E-state index contributed by atoms with van der Waals surface area (Å²) in [6, 6.07) is 0. The lowest BCUT2D eigenvalue weighted by molar-refractivity contribution is -0.916. The summed E-state index contributed by atoms with van der Waals surface area (Å²) < 4.78 is 0. The van der Waals surface area contributed by atoms with Gasteiger partial charge in [-0.2, -0.15) is 0 Å². The van der Waals surface area contributed by atoms with Crippen LogP contribution in [0.3, 0.4) is 0 Å². The maximum Gasteiger partial charge on any atom is 0.378 e. The van der Waals surface area contributed by atoms with Crippen molar-refractivity contribution in [2.24, 2.45) is 0 Å². The van der Waals surface area contributed by atoms with Crippen LogP contribution in [-0.2, 0) is 14.5 Å². The summed E-state index contributed by atoms with van der Waals surface area (Å²) in [5, 5.41) is 50.9. The van der Waals surface area contributed by atoms with Crippen molar-refractivity contribution in [3.05, 3.63) is 30.3 Å². The lowest BCUT2D eigenvalue weighted by Gasteiger charge is -2.34. The van der Waals surface area contributed by atoms with Gasteiger partial charge >= 0.3 is 11.8 Å². The minimum absolute atomic E-state index is 1.83. The van der Waals surface area contributed by atoms with Crippen molar-refractivity contribution in [1.82, 2.24) is 0 Å². The third kappa shape index (κ3) is 3.50. The molecule has 0 aromatic rings. The smallest absolute Gasteiger partial charge is 0.378 e. The van der Waals surface area contributed by atoms with Crippen molar-refractivity contribution in [3.63, 3.8) is 0 Å². The molecule has 0 aliphatic rings. The molecule has 0 bridgehead atoms. The van der Waals surface area contributed by atoms with E-state index in [-0.39, 0.29) is 0 Å². The van der Waals surface area contributed by atoms with E-state index < -0.39 is 33.6 Å². The minimum atomic E-state index is -4.33. The first-order chi connectivity index (χ1) is 8.06. The molecule has 15 nitrogen and oxygen atoms in total. The first-order valence-electron chi connectivity index (χ1n) is 3.62. The van der Waals surface area contributed by atoms with E-state index in [4.69, 9.17) is 15.3 Å². The van der Waals surface area contributed by atoms with Gasteiger partial charge in [0, 0.05) is 0 Å². The highest BCUT2D eigenvalue weighted by atomic mass is 17.1. The molecule has 0 aromatic carbocycles. The molecule has 0 heterocycles. The van der Waals surface area contributed by atoms with E-state index in [2.05, 4.69) is 14.5 Å². The summed E-state index contributed by atoms with van der Waals surface area (Å²) in [5.74, 6) is -8.21. The van der Waals surface area contributed by atoms with Gasteiger partial charge in [-0.1, -0.05) is 0 Å². The van der Waals surface area contributed by atoms with Crippen LogP contribution in [0.1, 0.15) is 0 Å². The monoisotopic (exact) mass is 275 g/mol. The van der Waals surface area contributed by atoms with Crippen LogP contribution in [0.4, 0.5) is 0 Å². The SMILES string of the molecule is O=[N+]([O-])OC(O)(O)C(CO)(O[N+](=O)[O-])O[N+](=O)[O-]. The first-order valence-corrected chi connectivity index (χ1v) is 3.62. The Morgan fingerprint density at radius 1 is 0.889 bits per heavy atom. The van der Waals surface area contributed by atoms with Crippen molar-refractivity contribution in [3.8, 4) is 0 Å². The molecule has 104 valence electrons. The van der Waals surface area contributed by atoms with Crippen molar-refractivity contribution >= 4 is 0 Å². The molecule has 0 atom stereocenters. The molecular weight excluding hydrogens is 270 g/mol. The molecule has 0 fully saturated rings. The molecule has 15 heteroatoms. The van der Waals surface area contributed by atoms with Gasteiger partial charge < -0.3 is 15.3 Å².